The molecule has 1 aromatic rings. The first-order valence-corrected chi connectivity index (χ1v) is 7.44. The van der Waals surface area contributed by atoms with E-state index in [1.54, 1.807) is 11.2 Å². The molecule has 1 aliphatic rings. The van der Waals surface area contributed by atoms with E-state index in [0.717, 1.165) is 12.0 Å². The molecule has 1 atom stereocenters. The number of carbonyl (C=O) groups excluding carboxylic acids is 2. The van der Waals surface area contributed by atoms with Gasteiger partial charge in [-0.25, -0.2) is 4.79 Å². The van der Waals surface area contributed by atoms with E-state index in [1.165, 1.54) is 0 Å². The molecule has 0 bridgehead atoms. The maximum atomic E-state index is 12.3. The van der Waals surface area contributed by atoms with Gasteiger partial charge >= 0.3 is 6.03 Å². The number of hydrogen-bond acceptors (Lipinski definition) is 3. The summed E-state index contributed by atoms with van der Waals surface area (Å²) in [6, 6.07) is 1.73. The first-order chi connectivity index (χ1) is 10.0. The highest BCUT2D eigenvalue weighted by Crippen LogP contribution is 2.21. The van der Waals surface area contributed by atoms with Crippen molar-refractivity contribution in [3.63, 3.8) is 0 Å². The maximum Gasteiger partial charge on any atom is 0.317 e. The van der Waals surface area contributed by atoms with Crippen molar-refractivity contribution in [2.45, 2.75) is 39.2 Å². The molecule has 2 rings (SSSR count). The van der Waals surface area contributed by atoms with Crippen LogP contribution in [-0.2, 0) is 0 Å². The summed E-state index contributed by atoms with van der Waals surface area (Å²) < 4.78 is 5.31. The van der Waals surface area contributed by atoms with Crippen molar-refractivity contribution >= 4 is 11.9 Å². The molecule has 116 valence electrons. The van der Waals surface area contributed by atoms with Gasteiger partial charge in [0.1, 0.15) is 0 Å². The average molecular weight is 293 g/mol. The topological polar surface area (TPSA) is 74.6 Å². The van der Waals surface area contributed by atoms with Crippen LogP contribution in [0, 0.1) is 0 Å². The van der Waals surface area contributed by atoms with Crippen LogP contribution in [-0.4, -0.2) is 42.5 Å². The number of urea groups is 1. The largest absolute Gasteiger partial charge is 0.459 e. The molecule has 0 aliphatic carbocycles. The van der Waals surface area contributed by atoms with Crippen molar-refractivity contribution in [1.29, 1.82) is 0 Å². The Hall–Kier alpha value is -1.98. The number of likely N-dealkylation sites (tertiary alicyclic amines) is 1. The molecule has 21 heavy (non-hydrogen) atoms. The molecule has 0 aromatic carbocycles. The van der Waals surface area contributed by atoms with Crippen LogP contribution in [0.4, 0.5) is 4.79 Å². The minimum absolute atomic E-state index is 0.0229. The van der Waals surface area contributed by atoms with Gasteiger partial charge in [0.15, 0.2) is 5.76 Å². The Kier molecular flexibility index (Phi) is 4.88. The van der Waals surface area contributed by atoms with Crippen molar-refractivity contribution in [2.24, 2.45) is 0 Å². The van der Waals surface area contributed by atoms with Crippen molar-refractivity contribution < 1.29 is 14.0 Å². The van der Waals surface area contributed by atoms with Crippen LogP contribution in [0.5, 0.6) is 0 Å². The molecule has 0 spiro atoms. The second kappa shape index (κ2) is 6.65. The Balaban J connectivity index is 1.92. The molecule has 1 saturated heterocycles. The van der Waals surface area contributed by atoms with Crippen LogP contribution in [0.2, 0.25) is 0 Å². The maximum absolute atomic E-state index is 12.3. The van der Waals surface area contributed by atoms with E-state index in [-0.39, 0.29) is 23.9 Å². The predicted molar refractivity (Wildman–Crippen MR) is 79.3 cm³/mol. The molecule has 6 heteroatoms. The van der Waals surface area contributed by atoms with Crippen molar-refractivity contribution in [3.05, 3.63) is 23.7 Å². The molecule has 0 saturated carbocycles. The molecule has 2 N–H and O–H groups in total. The number of carbonyl (C=O) groups is 2. The summed E-state index contributed by atoms with van der Waals surface area (Å²) in [5, 5.41) is 5.72. The van der Waals surface area contributed by atoms with Gasteiger partial charge in [0.2, 0.25) is 0 Å². The number of nitrogens with one attached hydrogen (secondary N) is 2. The number of furan rings is 1. The fourth-order valence-corrected chi connectivity index (χ4v) is 2.53. The van der Waals surface area contributed by atoms with Gasteiger partial charge in [-0.2, -0.15) is 0 Å². The summed E-state index contributed by atoms with van der Waals surface area (Å²) in [4.78, 5) is 25.7. The highest BCUT2D eigenvalue weighted by molar-refractivity contribution is 5.93. The third-order valence-electron chi connectivity index (χ3n) is 3.66. The van der Waals surface area contributed by atoms with E-state index >= 15 is 0 Å². The lowest BCUT2D eigenvalue weighted by Gasteiger charge is -2.17. The van der Waals surface area contributed by atoms with Crippen LogP contribution < -0.4 is 10.6 Å². The number of hydrogen-bond donors (Lipinski definition) is 2. The smallest absolute Gasteiger partial charge is 0.317 e. The van der Waals surface area contributed by atoms with Gasteiger partial charge in [-0.15, -0.1) is 0 Å². The molecule has 1 aromatic heterocycles. The van der Waals surface area contributed by atoms with Gasteiger partial charge < -0.3 is 20.0 Å². The summed E-state index contributed by atoms with van der Waals surface area (Å²) in [6.07, 6.45) is 2.31. The van der Waals surface area contributed by atoms with Gasteiger partial charge in [-0.1, -0.05) is 13.8 Å². The lowest BCUT2D eigenvalue weighted by Crippen LogP contribution is -2.42. The van der Waals surface area contributed by atoms with E-state index in [4.69, 9.17) is 4.42 Å². The van der Waals surface area contributed by atoms with Crippen molar-refractivity contribution in [1.82, 2.24) is 15.5 Å². The Morgan fingerprint density at radius 1 is 1.48 bits per heavy atom. The predicted octanol–water partition coefficient (Wildman–Crippen LogP) is 1.94. The van der Waals surface area contributed by atoms with E-state index < -0.39 is 0 Å². The molecule has 1 fully saturated rings. The van der Waals surface area contributed by atoms with Gasteiger partial charge in [-0.3, -0.25) is 4.79 Å². The zero-order chi connectivity index (χ0) is 15.4. The van der Waals surface area contributed by atoms with Crippen molar-refractivity contribution in [3.8, 4) is 0 Å². The molecular weight excluding hydrogens is 270 g/mol. The third-order valence-corrected chi connectivity index (χ3v) is 3.66. The summed E-state index contributed by atoms with van der Waals surface area (Å²) in [6.45, 7) is 7.73. The zero-order valence-electron chi connectivity index (χ0n) is 12.8. The first kappa shape index (κ1) is 15.4. The zero-order valence-corrected chi connectivity index (χ0v) is 12.8. The third kappa shape index (κ3) is 3.56. The lowest BCUT2D eigenvalue weighted by molar-refractivity contribution is 0.0908. The molecule has 0 radical (unpaired) electrons. The fourth-order valence-electron chi connectivity index (χ4n) is 2.53. The van der Waals surface area contributed by atoms with Crippen molar-refractivity contribution in [2.75, 3.05) is 19.6 Å². The van der Waals surface area contributed by atoms with Gasteiger partial charge in [0, 0.05) is 31.2 Å². The SMILES string of the molecule is CCNC(=O)N1CCC(NC(=O)c2occc2C(C)C)C1. The monoisotopic (exact) mass is 293 g/mol. The molecule has 1 unspecified atom stereocenters. The Morgan fingerprint density at radius 3 is 2.90 bits per heavy atom. The summed E-state index contributed by atoms with van der Waals surface area (Å²) >= 11 is 0. The Labute approximate surface area is 124 Å². The first-order valence-electron chi connectivity index (χ1n) is 7.44. The molecule has 1 aliphatic heterocycles. The number of nitrogens with zero attached hydrogens (tertiary/aromatic N) is 1. The summed E-state index contributed by atoms with van der Waals surface area (Å²) in [5.41, 5.74) is 0.908. The Bertz CT molecular complexity index is 510. The quantitative estimate of drug-likeness (QED) is 0.891. The minimum Gasteiger partial charge on any atom is -0.459 e. The lowest BCUT2D eigenvalue weighted by atomic mass is 10.0. The molecule has 2 heterocycles. The molecular formula is C15H23N3O3. The van der Waals surface area contributed by atoms with E-state index in [9.17, 15) is 9.59 Å². The van der Waals surface area contributed by atoms with Crippen LogP contribution in [0.15, 0.2) is 16.7 Å². The van der Waals surface area contributed by atoms with E-state index in [0.29, 0.717) is 25.4 Å². The standard InChI is InChI=1S/C15H23N3O3/c1-4-16-15(20)18-7-5-11(9-18)17-14(19)13-12(10(2)3)6-8-21-13/h6,8,10-11H,4-5,7,9H2,1-3H3,(H,16,20)(H,17,19). The molecule has 3 amide bonds. The highest BCUT2D eigenvalue weighted by atomic mass is 16.3. The number of rotatable bonds is 4. The number of amides is 3. The van der Waals surface area contributed by atoms with Gasteiger partial charge in [-0.05, 0) is 25.3 Å². The molecule has 6 nitrogen and oxygen atoms in total. The Morgan fingerprint density at radius 2 is 2.24 bits per heavy atom. The van der Waals surface area contributed by atoms with Gasteiger partial charge in [0.05, 0.1) is 6.26 Å². The normalized spacial score (nSPS) is 18.1. The second-order valence-corrected chi connectivity index (χ2v) is 5.60. The fraction of sp³-hybridized carbons (Fsp3) is 0.600. The van der Waals surface area contributed by atoms with Crippen LogP contribution in [0.1, 0.15) is 49.2 Å². The van der Waals surface area contributed by atoms with Gasteiger partial charge in [0.25, 0.3) is 5.91 Å². The highest BCUT2D eigenvalue weighted by Gasteiger charge is 2.28. The average Bonchev–Trinajstić information content (AvgIpc) is 3.07. The van der Waals surface area contributed by atoms with Crippen LogP contribution in [0.25, 0.3) is 0 Å². The van der Waals surface area contributed by atoms with E-state index in [2.05, 4.69) is 10.6 Å². The van der Waals surface area contributed by atoms with Crippen LogP contribution in [0.3, 0.4) is 0 Å². The van der Waals surface area contributed by atoms with Crippen LogP contribution >= 0.6 is 0 Å². The second-order valence-electron chi connectivity index (χ2n) is 5.60. The summed E-state index contributed by atoms with van der Waals surface area (Å²) in [5.74, 6) is 0.410. The van der Waals surface area contributed by atoms with E-state index in [1.807, 2.05) is 26.8 Å². The minimum atomic E-state index is -0.202. The summed E-state index contributed by atoms with van der Waals surface area (Å²) in [7, 11) is 0.